The van der Waals surface area contributed by atoms with Gasteiger partial charge in [0.05, 0.1) is 12.2 Å². The topological polar surface area (TPSA) is 3.88 Å². The predicted octanol–water partition coefficient (Wildman–Crippen LogP) is 6.72. The summed E-state index contributed by atoms with van der Waals surface area (Å²) in [7, 11) is 0.237. The molecule has 2 heteroatoms. The summed E-state index contributed by atoms with van der Waals surface area (Å²) < 4.78 is 2.24. The molecule has 0 aliphatic heterocycles. The molecule has 6 rings (SSSR count). The third kappa shape index (κ3) is 3.47. The highest BCUT2D eigenvalue weighted by Gasteiger charge is 2.42. The monoisotopic (exact) mass is 483 g/mol. The van der Waals surface area contributed by atoms with Gasteiger partial charge in [0.25, 0.3) is 0 Å². The van der Waals surface area contributed by atoms with Crippen LogP contribution in [0.25, 0.3) is 32.8 Å². The molecule has 5 aromatic carbocycles. The molecule has 1 nitrogen and oxygen atoms in total. The Labute approximate surface area is 214 Å². The number of hydrogen-bond acceptors (Lipinski definition) is 0. The second-order valence-corrected chi connectivity index (χ2v) is 13.1. The van der Waals surface area contributed by atoms with Crippen molar-refractivity contribution < 1.29 is 4.57 Å². The van der Waals surface area contributed by atoms with E-state index in [0.29, 0.717) is 0 Å². The van der Waals surface area contributed by atoms with E-state index in [-0.39, 0.29) is 0 Å². The first kappa shape index (κ1) is 22.7. The molecule has 1 aromatic heterocycles. The lowest BCUT2D eigenvalue weighted by Crippen LogP contribution is -2.32. The normalized spacial score (nSPS) is 11.8. The molecular weight excluding hydrogens is 453 g/mol. The first-order valence-corrected chi connectivity index (χ1v) is 14.7. The molecule has 0 aliphatic rings. The van der Waals surface area contributed by atoms with Crippen molar-refractivity contribution in [3.8, 4) is 11.3 Å². The third-order valence-corrected chi connectivity index (χ3v) is 11.6. The largest absolute Gasteiger partial charge is 0.213 e. The molecule has 36 heavy (non-hydrogen) atoms. The minimum atomic E-state index is -1.91. The average molecular weight is 484 g/mol. The molecule has 0 spiro atoms. The van der Waals surface area contributed by atoms with Gasteiger partial charge >= 0.3 is 0 Å². The van der Waals surface area contributed by atoms with Gasteiger partial charge in [0.1, 0.15) is 30.2 Å². The number of aromatic nitrogens is 1. The fourth-order valence-electron chi connectivity index (χ4n) is 5.79. The summed E-state index contributed by atoms with van der Waals surface area (Å²) in [5.41, 5.74) is 3.91. The van der Waals surface area contributed by atoms with Crippen LogP contribution in [-0.4, -0.2) is 6.66 Å². The summed E-state index contributed by atoms with van der Waals surface area (Å²) in [6, 6.07) is 44.5. The van der Waals surface area contributed by atoms with E-state index in [1.54, 1.807) is 0 Å². The number of rotatable bonds is 4. The number of aryl methyl sites for hydroxylation is 2. The molecule has 0 saturated heterocycles. The van der Waals surface area contributed by atoms with Crippen molar-refractivity contribution >= 4 is 44.7 Å². The van der Waals surface area contributed by atoms with Crippen LogP contribution in [0.2, 0.25) is 0 Å². The van der Waals surface area contributed by atoms with E-state index in [4.69, 9.17) is 0 Å². The molecule has 174 valence electrons. The summed E-state index contributed by atoms with van der Waals surface area (Å²) in [5, 5.41) is 9.60. The van der Waals surface area contributed by atoms with E-state index in [2.05, 4.69) is 153 Å². The first-order chi connectivity index (χ1) is 17.6. The summed E-state index contributed by atoms with van der Waals surface area (Å²) >= 11 is 0. The fourth-order valence-corrected chi connectivity index (χ4v) is 9.30. The number of fused-ring (bicyclic) bond motifs is 3. The van der Waals surface area contributed by atoms with Crippen LogP contribution in [0, 0.1) is 6.92 Å². The van der Waals surface area contributed by atoms with Crippen LogP contribution in [0.4, 0.5) is 0 Å². The second kappa shape index (κ2) is 9.01. The van der Waals surface area contributed by atoms with Crippen LogP contribution in [0.1, 0.15) is 5.56 Å². The zero-order chi connectivity index (χ0) is 24.7. The predicted molar refractivity (Wildman–Crippen MR) is 157 cm³/mol. The summed E-state index contributed by atoms with van der Waals surface area (Å²) in [4.78, 5) is 0. The quantitative estimate of drug-likeness (QED) is 0.149. The van der Waals surface area contributed by atoms with Gasteiger partial charge in [-0.05, 0) is 65.0 Å². The maximum Gasteiger partial charge on any atom is 0.213 e. The maximum atomic E-state index is 2.49. The standard InChI is InChI=1S/C34H30NP/c1-25-33(31-22-12-13-24-35(31)2)29-20-11-10-19-28(29)30-21-14-23-32(34(25)30)36(3,26-15-6-4-7-16-26)27-17-8-5-9-18-27/h4-24H,1-3H3/q+2. The van der Waals surface area contributed by atoms with Crippen LogP contribution < -0.4 is 20.5 Å². The van der Waals surface area contributed by atoms with Gasteiger partial charge in [0.2, 0.25) is 5.69 Å². The Morgan fingerprint density at radius 3 is 1.75 bits per heavy atom. The van der Waals surface area contributed by atoms with Gasteiger partial charge < -0.3 is 0 Å². The van der Waals surface area contributed by atoms with Crippen molar-refractivity contribution in [1.29, 1.82) is 0 Å². The van der Waals surface area contributed by atoms with Crippen molar-refractivity contribution in [2.24, 2.45) is 7.05 Å². The van der Waals surface area contributed by atoms with Crippen LogP contribution in [0.3, 0.4) is 0 Å². The van der Waals surface area contributed by atoms with Crippen molar-refractivity contribution in [3.63, 3.8) is 0 Å². The van der Waals surface area contributed by atoms with Gasteiger partial charge in [-0.15, -0.1) is 0 Å². The lowest BCUT2D eigenvalue weighted by atomic mass is 9.90. The summed E-state index contributed by atoms with van der Waals surface area (Å²) in [6.45, 7) is 4.81. The minimum absolute atomic E-state index is 1.24. The lowest BCUT2D eigenvalue weighted by molar-refractivity contribution is -0.660. The molecule has 0 bridgehead atoms. The number of nitrogens with zero attached hydrogens (tertiary/aromatic N) is 1. The molecule has 0 N–H and O–H groups in total. The Bertz CT molecular complexity index is 1670. The van der Waals surface area contributed by atoms with Crippen molar-refractivity contribution in [2.45, 2.75) is 6.92 Å². The van der Waals surface area contributed by atoms with E-state index < -0.39 is 7.26 Å². The molecule has 0 fully saturated rings. The average Bonchev–Trinajstić information content (AvgIpc) is 2.94. The highest BCUT2D eigenvalue weighted by molar-refractivity contribution is 7.95. The molecule has 0 atom stereocenters. The molecule has 0 radical (unpaired) electrons. The Hall–Kier alpha value is -3.80. The van der Waals surface area contributed by atoms with Gasteiger partial charge in [-0.2, -0.15) is 0 Å². The maximum absolute atomic E-state index is 2.49. The molecule has 6 aromatic rings. The fraction of sp³-hybridized carbons (Fsp3) is 0.0882. The Kier molecular flexibility index (Phi) is 5.67. The van der Waals surface area contributed by atoms with Crippen LogP contribution in [0.5, 0.6) is 0 Å². The lowest BCUT2D eigenvalue weighted by Gasteiger charge is -2.26. The zero-order valence-corrected chi connectivity index (χ0v) is 21.9. The van der Waals surface area contributed by atoms with E-state index >= 15 is 0 Å². The Morgan fingerprint density at radius 2 is 1.11 bits per heavy atom. The molecule has 0 saturated carbocycles. The summed E-state index contributed by atoms with van der Waals surface area (Å²) in [6.07, 6.45) is 2.14. The molecule has 0 aliphatic carbocycles. The van der Waals surface area contributed by atoms with E-state index in [0.717, 1.165) is 0 Å². The van der Waals surface area contributed by atoms with E-state index in [1.165, 1.54) is 54.3 Å². The SMILES string of the molecule is Cc1c(-c2cccc[n+]2C)c2ccccc2c2cccc([P+](C)(c3ccccc3)c3ccccc3)c12. The highest BCUT2D eigenvalue weighted by atomic mass is 31.2. The number of pyridine rings is 1. The smallest absolute Gasteiger partial charge is 0.201 e. The highest BCUT2D eigenvalue weighted by Crippen LogP contribution is 2.54. The molecular formula is C34H30NP+2. The third-order valence-electron chi connectivity index (χ3n) is 7.62. The van der Waals surface area contributed by atoms with Gasteiger partial charge in [0.15, 0.2) is 6.20 Å². The van der Waals surface area contributed by atoms with E-state index in [1.807, 2.05) is 0 Å². The van der Waals surface area contributed by atoms with Gasteiger partial charge in [0, 0.05) is 17.5 Å². The molecule has 0 unspecified atom stereocenters. The Balaban J connectivity index is 1.81. The van der Waals surface area contributed by atoms with Crippen LogP contribution >= 0.6 is 7.26 Å². The molecule has 1 heterocycles. The van der Waals surface area contributed by atoms with Crippen molar-refractivity contribution in [1.82, 2.24) is 0 Å². The summed E-state index contributed by atoms with van der Waals surface area (Å²) in [5.74, 6) is 0. The van der Waals surface area contributed by atoms with Gasteiger partial charge in [-0.25, -0.2) is 4.57 Å². The Morgan fingerprint density at radius 1 is 0.556 bits per heavy atom. The zero-order valence-electron chi connectivity index (χ0n) is 21.0. The minimum Gasteiger partial charge on any atom is -0.201 e. The number of hydrogen-bond donors (Lipinski definition) is 0. The van der Waals surface area contributed by atoms with Crippen molar-refractivity contribution in [3.05, 3.63) is 133 Å². The van der Waals surface area contributed by atoms with Gasteiger partial charge in [-0.1, -0.05) is 72.8 Å². The first-order valence-electron chi connectivity index (χ1n) is 12.5. The van der Waals surface area contributed by atoms with Crippen LogP contribution in [0.15, 0.2) is 128 Å². The van der Waals surface area contributed by atoms with Crippen LogP contribution in [-0.2, 0) is 7.05 Å². The molecule has 0 amide bonds. The number of benzene rings is 5. The van der Waals surface area contributed by atoms with Gasteiger partial charge in [-0.3, -0.25) is 0 Å². The van der Waals surface area contributed by atoms with E-state index in [9.17, 15) is 0 Å². The second-order valence-electron chi connectivity index (χ2n) is 9.62. The van der Waals surface area contributed by atoms with Crippen molar-refractivity contribution in [2.75, 3.05) is 6.66 Å².